The first kappa shape index (κ1) is 15.3. The highest BCUT2D eigenvalue weighted by molar-refractivity contribution is 6.30. The Labute approximate surface area is 133 Å². The van der Waals surface area contributed by atoms with Gasteiger partial charge in [0.2, 0.25) is 0 Å². The first-order valence-electron chi connectivity index (χ1n) is 8.49. The summed E-state index contributed by atoms with van der Waals surface area (Å²) in [5, 5.41) is 0.785. The summed E-state index contributed by atoms with van der Waals surface area (Å²) in [6.45, 7) is 2.40. The molecule has 0 radical (unpaired) electrons. The highest BCUT2D eigenvalue weighted by Gasteiger charge is 2.32. The lowest BCUT2D eigenvalue weighted by atomic mass is 9.78. The Balaban J connectivity index is 1.56. The number of hydrogen-bond donors (Lipinski definition) is 1. The molecule has 1 heterocycles. The van der Waals surface area contributed by atoms with Crippen LogP contribution in [0.5, 0.6) is 0 Å². The molecule has 1 aromatic rings. The van der Waals surface area contributed by atoms with E-state index in [1.165, 1.54) is 50.6 Å². The van der Waals surface area contributed by atoms with Crippen LogP contribution in [0.25, 0.3) is 0 Å². The average Bonchev–Trinajstić information content (AvgIpc) is 2.52. The summed E-state index contributed by atoms with van der Waals surface area (Å²) in [5.74, 6) is 0.954. The van der Waals surface area contributed by atoms with Crippen molar-refractivity contribution in [3.8, 4) is 0 Å². The molecule has 3 atom stereocenters. The van der Waals surface area contributed by atoms with Gasteiger partial charge in [-0.3, -0.25) is 0 Å². The first-order valence-corrected chi connectivity index (χ1v) is 8.87. The normalized spacial score (nSPS) is 28.1. The van der Waals surface area contributed by atoms with Gasteiger partial charge in [-0.1, -0.05) is 36.6 Å². The number of likely N-dealkylation sites (tertiary alicyclic amines) is 1. The maximum Gasteiger partial charge on any atom is 0.0409 e. The molecule has 3 heteroatoms. The molecule has 116 valence electrons. The minimum atomic E-state index is 0.104. The number of nitrogens with zero attached hydrogens (tertiary/aromatic N) is 1. The predicted octanol–water partition coefficient (Wildman–Crippen LogP) is 4.38. The number of fused-ring (bicyclic) bond motifs is 1. The molecule has 1 saturated carbocycles. The van der Waals surface area contributed by atoms with E-state index in [2.05, 4.69) is 11.0 Å². The van der Waals surface area contributed by atoms with E-state index in [0.29, 0.717) is 0 Å². The highest BCUT2D eigenvalue weighted by atomic mass is 35.5. The van der Waals surface area contributed by atoms with Gasteiger partial charge in [-0.25, -0.2) is 0 Å². The van der Waals surface area contributed by atoms with Crippen molar-refractivity contribution in [3.63, 3.8) is 0 Å². The summed E-state index contributed by atoms with van der Waals surface area (Å²) in [6, 6.07) is 8.94. The van der Waals surface area contributed by atoms with Gasteiger partial charge < -0.3 is 10.6 Å². The second kappa shape index (κ2) is 7.13. The Morgan fingerprint density at radius 3 is 2.86 bits per heavy atom. The molecule has 2 nitrogen and oxygen atoms in total. The Kier molecular flexibility index (Phi) is 5.20. The lowest BCUT2D eigenvalue weighted by Gasteiger charge is -2.44. The van der Waals surface area contributed by atoms with Crippen molar-refractivity contribution in [2.45, 2.75) is 57.0 Å². The zero-order chi connectivity index (χ0) is 14.7. The van der Waals surface area contributed by atoms with Crippen molar-refractivity contribution in [1.29, 1.82) is 0 Å². The summed E-state index contributed by atoms with van der Waals surface area (Å²) < 4.78 is 0. The van der Waals surface area contributed by atoms with Gasteiger partial charge in [0.05, 0.1) is 0 Å². The van der Waals surface area contributed by atoms with Crippen molar-refractivity contribution >= 4 is 11.6 Å². The summed E-state index contributed by atoms with van der Waals surface area (Å²) in [6.07, 6.45) is 9.55. The van der Waals surface area contributed by atoms with Crippen LogP contribution in [0.3, 0.4) is 0 Å². The number of nitrogens with two attached hydrogens (primary N) is 1. The van der Waals surface area contributed by atoms with Crippen molar-refractivity contribution in [2.75, 3.05) is 13.1 Å². The second-order valence-electron chi connectivity index (χ2n) is 6.74. The van der Waals surface area contributed by atoms with Crippen LogP contribution < -0.4 is 5.73 Å². The number of piperidine rings is 1. The summed E-state index contributed by atoms with van der Waals surface area (Å²) in [4.78, 5) is 2.72. The molecule has 0 bridgehead atoms. The van der Waals surface area contributed by atoms with E-state index in [4.69, 9.17) is 17.3 Å². The molecular formula is C18H27ClN2. The first-order chi connectivity index (χ1) is 10.2. The van der Waals surface area contributed by atoms with Gasteiger partial charge in [-0.15, -0.1) is 0 Å². The number of rotatable bonds is 4. The van der Waals surface area contributed by atoms with Gasteiger partial charge in [0.25, 0.3) is 0 Å². The van der Waals surface area contributed by atoms with E-state index in [0.717, 1.165) is 29.9 Å². The largest absolute Gasteiger partial charge is 0.324 e. The molecular weight excluding hydrogens is 280 g/mol. The molecule has 3 rings (SSSR count). The average molecular weight is 307 g/mol. The zero-order valence-electron chi connectivity index (χ0n) is 12.8. The number of hydrogen-bond acceptors (Lipinski definition) is 2. The van der Waals surface area contributed by atoms with E-state index in [1.54, 1.807) is 0 Å². The molecule has 0 aromatic heterocycles. The molecule has 1 saturated heterocycles. The van der Waals surface area contributed by atoms with Crippen molar-refractivity contribution < 1.29 is 0 Å². The Bertz CT molecular complexity index is 460. The fourth-order valence-corrected chi connectivity index (χ4v) is 4.41. The molecule has 1 unspecified atom stereocenters. The third-order valence-corrected chi connectivity index (χ3v) is 5.60. The standard InChI is InChI=1S/C18H27ClN2/c19-16-8-3-6-15(13-16)17(20)10-12-21-11-4-7-14-5-1-2-9-18(14)21/h3,6,8,13-14,17-18H,1-2,4-5,7,9-12,20H2/t14-,17?,18-/m1/s1. The van der Waals surface area contributed by atoms with Crippen LogP contribution in [-0.2, 0) is 0 Å². The minimum Gasteiger partial charge on any atom is -0.324 e. The fourth-order valence-electron chi connectivity index (χ4n) is 4.21. The lowest BCUT2D eigenvalue weighted by molar-refractivity contribution is 0.0586. The van der Waals surface area contributed by atoms with E-state index < -0.39 is 0 Å². The molecule has 1 aliphatic carbocycles. The second-order valence-corrected chi connectivity index (χ2v) is 7.18. The molecule has 2 fully saturated rings. The van der Waals surface area contributed by atoms with Crippen LogP contribution >= 0.6 is 11.6 Å². The van der Waals surface area contributed by atoms with E-state index >= 15 is 0 Å². The van der Waals surface area contributed by atoms with Crippen molar-refractivity contribution in [3.05, 3.63) is 34.9 Å². The number of benzene rings is 1. The van der Waals surface area contributed by atoms with Crippen molar-refractivity contribution in [1.82, 2.24) is 4.90 Å². The van der Waals surface area contributed by atoms with Crippen molar-refractivity contribution in [2.24, 2.45) is 11.7 Å². The quantitative estimate of drug-likeness (QED) is 0.894. The topological polar surface area (TPSA) is 29.3 Å². The lowest BCUT2D eigenvalue weighted by Crippen LogP contribution is -2.47. The van der Waals surface area contributed by atoms with E-state index in [-0.39, 0.29) is 6.04 Å². The monoisotopic (exact) mass is 306 g/mol. The number of halogens is 1. The van der Waals surface area contributed by atoms with Crippen LogP contribution in [0.2, 0.25) is 5.02 Å². The summed E-state index contributed by atoms with van der Waals surface area (Å²) in [5.41, 5.74) is 7.53. The van der Waals surface area contributed by atoms with Crippen LogP contribution in [0, 0.1) is 5.92 Å². The van der Waals surface area contributed by atoms with Gasteiger partial charge >= 0.3 is 0 Å². The highest BCUT2D eigenvalue weighted by Crippen LogP contribution is 2.35. The summed E-state index contributed by atoms with van der Waals surface area (Å²) in [7, 11) is 0. The molecule has 0 amide bonds. The molecule has 21 heavy (non-hydrogen) atoms. The van der Waals surface area contributed by atoms with Gasteiger partial charge in [0, 0.05) is 23.7 Å². The third-order valence-electron chi connectivity index (χ3n) is 5.36. The fraction of sp³-hybridized carbons (Fsp3) is 0.667. The Hall–Kier alpha value is -0.570. The Morgan fingerprint density at radius 1 is 1.19 bits per heavy atom. The summed E-state index contributed by atoms with van der Waals surface area (Å²) >= 11 is 6.06. The predicted molar refractivity (Wildman–Crippen MR) is 89.6 cm³/mol. The van der Waals surface area contributed by atoms with Crippen LogP contribution in [-0.4, -0.2) is 24.0 Å². The van der Waals surface area contributed by atoms with Gasteiger partial charge in [0.15, 0.2) is 0 Å². The van der Waals surface area contributed by atoms with Gasteiger partial charge in [-0.05, 0) is 62.3 Å². The van der Waals surface area contributed by atoms with Crippen LogP contribution in [0.1, 0.15) is 56.6 Å². The molecule has 0 spiro atoms. The maximum absolute atomic E-state index is 6.36. The van der Waals surface area contributed by atoms with Gasteiger partial charge in [0.1, 0.15) is 0 Å². The zero-order valence-corrected chi connectivity index (χ0v) is 13.6. The smallest absolute Gasteiger partial charge is 0.0409 e. The van der Waals surface area contributed by atoms with E-state index in [1.807, 2.05) is 18.2 Å². The maximum atomic E-state index is 6.36. The third kappa shape index (κ3) is 3.80. The molecule has 2 N–H and O–H groups in total. The van der Waals surface area contributed by atoms with Crippen LogP contribution in [0.15, 0.2) is 24.3 Å². The SMILES string of the molecule is NC(CCN1CCC[C@H]2CCCC[C@H]21)c1cccc(Cl)c1. The molecule has 2 aliphatic rings. The minimum absolute atomic E-state index is 0.104. The van der Waals surface area contributed by atoms with Gasteiger partial charge in [-0.2, -0.15) is 0 Å². The van der Waals surface area contributed by atoms with E-state index in [9.17, 15) is 0 Å². The Morgan fingerprint density at radius 2 is 2.00 bits per heavy atom. The van der Waals surface area contributed by atoms with Crippen LogP contribution in [0.4, 0.5) is 0 Å². The molecule has 1 aliphatic heterocycles. The molecule has 1 aromatic carbocycles.